The Morgan fingerprint density at radius 3 is 2.62 bits per heavy atom. The van der Waals surface area contributed by atoms with Crippen LogP contribution in [0.5, 0.6) is 0 Å². The van der Waals surface area contributed by atoms with Crippen molar-refractivity contribution in [3.63, 3.8) is 0 Å². The third kappa shape index (κ3) is 6.59. The highest BCUT2D eigenvalue weighted by molar-refractivity contribution is 7.92. The van der Waals surface area contributed by atoms with Crippen molar-refractivity contribution in [2.75, 3.05) is 26.2 Å². The van der Waals surface area contributed by atoms with Crippen LogP contribution in [0.1, 0.15) is 43.4 Å². The molecule has 2 atom stereocenters. The summed E-state index contributed by atoms with van der Waals surface area (Å²) in [4.78, 5) is 42.1. The molecule has 3 heterocycles. The van der Waals surface area contributed by atoms with E-state index in [1.807, 2.05) is 0 Å². The van der Waals surface area contributed by atoms with Gasteiger partial charge in [0.2, 0.25) is 27.7 Å². The summed E-state index contributed by atoms with van der Waals surface area (Å²) in [5.41, 5.74) is 0. The van der Waals surface area contributed by atoms with Crippen molar-refractivity contribution in [3.8, 4) is 0 Å². The van der Waals surface area contributed by atoms with E-state index in [1.54, 1.807) is 17.0 Å². The minimum atomic E-state index is -3.86. The molecule has 2 saturated heterocycles. The Morgan fingerprint density at radius 1 is 1.15 bits per heavy atom. The van der Waals surface area contributed by atoms with Gasteiger partial charge in [-0.15, -0.1) is 11.3 Å². The van der Waals surface area contributed by atoms with Crippen LogP contribution in [0.3, 0.4) is 0 Å². The largest absolute Gasteiger partial charge is 0.354 e. The molecule has 2 unspecified atom stereocenters. The van der Waals surface area contributed by atoms with Crippen LogP contribution in [0.4, 0.5) is 0 Å². The smallest absolute Gasteiger partial charge is 0.242 e. The van der Waals surface area contributed by atoms with Gasteiger partial charge >= 0.3 is 0 Å². The molecule has 0 aromatic carbocycles. The molecule has 0 bridgehead atoms. The molecule has 186 valence electrons. The highest BCUT2D eigenvalue weighted by atomic mass is 35.5. The molecule has 1 aromatic heterocycles. The van der Waals surface area contributed by atoms with Gasteiger partial charge in [0, 0.05) is 29.9 Å². The zero-order valence-electron chi connectivity index (χ0n) is 18.7. The van der Waals surface area contributed by atoms with Crippen molar-refractivity contribution in [1.82, 2.24) is 19.8 Å². The Labute approximate surface area is 208 Å². The average Bonchev–Trinajstić information content (AvgIpc) is 3.31. The van der Waals surface area contributed by atoms with Gasteiger partial charge in [-0.3, -0.25) is 14.4 Å². The van der Waals surface area contributed by atoms with Crippen LogP contribution in [0.2, 0.25) is 4.34 Å². The number of hydrogen-bond donors (Lipinski definition) is 2. The molecule has 0 radical (unpaired) electrons. The number of likely N-dealkylation sites (tertiary alicyclic amines) is 2. The van der Waals surface area contributed by atoms with E-state index in [-0.39, 0.29) is 18.4 Å². The Kier molecular flexibility index (Phi) is 7.96. The van der Waals surface area contributed by atoms with Crippen LogP contribution in [-0.4, -0.2) is 74.2 Å². The average molecular weight is 529 g/mol. The van der Waals surface area contributed by atoms with E-state index in [0.29, 0.717) is 54.0 Å². The molecule has 3 aliphatic rings. The first-order valence-electron chi connectivity index (χ1n) is 11.5. The number of thiophene rings is 1. The Hall–Kier alpha value is -1.95. The maximum Gasteiger partial charge on any atom is 0.242 e. The van der Waals surface area contributed by atoms with Crippen LogP contribution in [0.25, 0.3) is 6.08 Å². The number of carbonyl (C=O) groups excluding carboxylic acids is 3. The molecule has 12 heteroatoms. The molecule has 3 fully saturated rings. The third-order valence-corrected chi connectivity index (χ3v) is 8.61. The maximum atomic E-state index is 13.0. The first-order valence-corrected chi connectivity index (χ1v) is 14.3. The fourth-order valence-corrected chi connectivity index (χ4v) is 6.36. The molecule has 2 aliphatic heterocycles. The number of nitrogens with one attached hydrogen (secondary N) is 2. The van der Waals surface area contributed by atoms with Gasteiger partial charge in [-0.25, -0.2) is 8.42 Å². The zero-order valence-corrected chi connectivity index (χ0v) is 21.1. The van der Waals surface area contributed by atoms with E-state index in [0.717, 1.165) is 24.7 Å². The molecule has 34 heavy (non-hydrogen) atoms. The number of piperidine rings is 1. The van der Waals surface area contributed by atoms with Crippen LogP contribution in [0.15, 0.2) is 17.5 Å². The fraction of sp³-hybridized carbons (Fsp3) is 0.591. The number of nitrogens with zero attached hydrogens (tertiary/aromatic N) is 2. The quantitative estimate of drug-likeness (QED) is 0.507. The Bertz CT molecular complexity index is 1070. The predicted molar refractivity (Wildman–Crippen MR) is 130 cm³/mol. The maximum absolute atomic E-state index is 13.0. The van der Waals surface area contributed by atoms with Gasteiger partial charge < -0.3 is 15.1 Å². The molecule has 3 amide bonds. The Balaban J connectivity index is 1.32. The van der Waals surface area contributed by atoms with Crippen molar-refractivity contribution < 1.29 is 22.8 Å². The molecule has 4 rings (SSSR count). The second kappa shape index (κ2) is 10.8. The molecular formula is C22H29ClN4O5S2. The van der Waals surface area contributed by atoms with E-state index in [1.165, 1.54) is 22.3 Å². The molecular weight excluding hydrogens is 500 g/mol. The zero-order chi connectivity index (χ0) is 24.3. The second-order valence-corrected chi connectivity index (χ2v) is 12.3. The van der Waals surface area contributed by atoms with E-state index < -0.39 is 28.0 Å². The van der Waals surface area contributed by atoms with Crippen molar-refractivity contribution in [2.24, 2.45) is 5.92 Å². The van der Waals surface area contributed by atoms with E-state index in [9.17, 15) is 22.8 Å². The van der Waals surface area contributed by atoms with E-state index in [2.05, 4.69) is 10.0 Å². The van der Waals surface area contributed by atoms with Gasteiger partial charge in [0.1, 0.15) is 12.1 Å². The molecule has 1 saturated carbocycles. The normalized spacial score (nSPS) is 23.6. The topological polar surface area (TPSA) is 116 Å². The molecule has 1 aromatic rings. The minimum Gasteiger partial charge on any atom is -0.354 e. The first kappa shape index (κ1) is 25.2. The minimum absolute atomic E-state index is 0.132. The van der Waals surface area contributed by atoms with Gasteiger partial charge in [0.25, 0.3) is 0 Å². The number of rotatable bonds is 9. The summed E-state index contributed by atoms with van der Waals surface area (Å²) >= 11 is 7.11. The summed E-state index contributed by atoms with van der Waals surface area (Å²) in [5.74, 6) is -0.286. The lowest BCUT2D eigenvalue weighted by atomic mass is 10.1. The lowest BCUT2D eigenvalue weighted by Crippen LogP contribution is -2.55. The van der Waals surface area contributed by atoms with Crippen molar-refractivity contribution in [2.45, 2.75) is 50.6 Å². The summed E-state index contributed by atoms with van der Waals surface area (Å²) in [6.07, 6.45) is 5.97. The number of halogens is 1. The number of sulfonamides is 1. The summed E-state index contributed by atoms with van der Waals surface area (Å²) in [6.45, 7) is 1.35. The highest BCUT2D eigenvalue weighted by Crippen LogP contribution is 2.28. The van der Waals surface area contributed by atoms with Gasteiger partial charge in [-0.2, -0.15) is 4.72 Å². The molecule has 1 aliphatic carbocycles. The lowest BCUT2D eigenvalue weighted by molar-refractivity contribution is -0.145. The van der Waals surface area contributed by atoms with E-state index in [4.69, 9.17) is 11.6 Å². The third-order valence-electron chi connectivity index (χ3n) is 6.31. The SMILES string of the molecule is O=C(NCC1CC1)C1CCCN1C(=O)CN1CCCC(NS(=O)(=O)/C=C/c2ccc(Cl)s2)C1=O. The van der Waals surface area contributed by atoms with Gasteiger partial charge in [-0.1, -0.05) is 11.6 Å². The standard InChI is InChI=1S/C22H29ClN4O5S2/c23-19-8-7-16(33-19)9-12-34(31,32)25-17-3-1-10-26(22(17)30)14-20(28)27-11-2-4-18(27)21(29)24-13-15-5-6-15/h7-9,12,15,17-18,25H,1-6,10-11,13-14H2,(H,24,29)/b12-9+. The van der Waals surface area contributed by atoms with Crippen molar-refractivity contribution >= 4 is 56.8 Å². The monoisotopic (exact) mass is 528 g/mol. The molecule has 9 nitrogen and oxygen atoms in total. The second-order valence-electron chi connectivity index (χ2n) is 9.00. The molecule has 2 N–H and O–H groups in total. The van der Waals surface area contributed by atoms with Crippen LogP contribution in [0, 0.1) is 5.92 Å². The van der Waals surface area contributed by atoms with Gasteiger partial charge in [-0.05, 0) is 62.7 Å². The van der Waals surface area contributed by atoms with Crippen LogP contribution in [-0.2, 0) is 24.4 Å². The van der Waals surface area contributed by atoms with Gasteiger partial charge in [0.05, 0.1) is 10.9 Å². The number of carbonyl (C=O) groups is 3. The van der Waals surface area contributed by atoms with Crippen molar-refractivity contribution in [1.29, 1.82) is 0 Å². The number of amides is 3. The first-order chi connectivity index (χ1) is 16.2. The Morgan fingerprint density at radius 2 is 1.91 bits per heavy atom. The lowest BCUT2D eigenvalue weighted by Gasteiger charge is -2.33. The summed E-state index contributed by atoms with van der Waals surface area (Å²) in [7, 11) is -3.86. The van der Waals surface area contributed by atoms with Crippen LogP contribution < -0.4 is 10.0 Å². The fourth-order valence-electron chi connectivity index (χ4n) is 4.30. The van der Waals surface area contributed by atoms with Crippen molar-refractivity contribution in [3.05, 3.63) is 26.8 Å². The molecule has 0 spiro atoms. The summed E-state index contributed by atoms with van der Waals surface area (Å²) in [5, 5.41) is 3.95. The number of hydrogen-bond acceptors (Lipinski definition) is 6. The van der Waals surface area contributed by atoms with Gasteiger partial charge in [0.15, 0.2) is 0 Å². The summed E-state index contributed by atoms with van der Waals surface area (Å²) in [6, 6.07) is 1.94. The van der Waals surface area contributed by atoms with Crippen LogP contribution >= 0.6 is 22.9 Å². The summed E-state index contributed by atoms with van der Waals surface area (Å²) < 4.78 is 27.9. The highest BCUT2D eigenvalue weighted by Gasteiger charge is 2.38. The van der Waals surface area contributed by atoms with E-state index >= 15 is 0 Å². The predicted octanol–water partition coefficient (Wildman–Crippen LogP) is 1.80.